The van der Waals surface area contributed by atoms with Crippen molar-refractivity contribution in [3.05, 3.63) is 23.8 Å². The van der Waals surface area contributed by atoms with Crippen molar-refractivity contribution in [3.63, 3.8) is 0 Å². The molecule has 1 amide bonds. The van der Waals surface area contributed by atoms with E-state index in [1.807, 2.05) is 17.0 Å². The Balaban J connectivity index is 2.10. The van der Waals surface area contributed by atoms with Crippen LogP contribution in [0.5, 0.6) is 5.75 Å². The number of nitrogens with two attached hydrogens (primary N) is 1. The number of nitrogens with zero attached hydrogens (tertiary/aromatic N) is 1. The third-order valence-corrected chi connectivity index (χ3v) is 3.90. The van der Waals surface area contributed by atoms with E-state index in [-0.39, 0.29) is 11.9 Å². The topological polar surface area (TPSA) is 79.4 Å². The maximum Gasteiger partial charge on any atom is 0.219 e. The van der Waals surface area contributed by atoms with E-state index in [4.69, 9.17) is 15.9 Å². The summed E-state index contributed by atoms with van der Waals surface area (Å²) in [6.45, 7) is 4.55. The molecule has 1 aromatic carbocycles. The fourth-order valence-electron chi connectivity index (χ4n) is 2.84. The highest BCUT2D eigenvalue weighted by Crippen LogP contribution is 2.26. The van der Waals surface area contributed by atoms with E-state index in [2.05, 4.69) is 0 Å². The summed E-state index contributed by atoms with van der Waals surface area (Å²) in [5.41, 5.74) is 7.50. The normalized spacial score (nSPS) is 18.4. The molecule has 1 saturated heterocycles. The number of amides is 1. The molecule has 1 fully saturated rings. The van der Waals surface area contributed by atoms with Crippen LogP contribution in [-0.2, 0) is 4.79 Å². The van der Waals surface area contributed by atoms with Gasteiger partial charge >= 0.3 is 0 Å². The minimum atomic E-state index is 0.0966. The smallest absolute Gasteiger partial charge is 0.219 e. The Bertz CT molecular complexity index is 542. The number of hydrogen-bond donors (Lipinski definition) is 2. The molecule has 5 nitrogen and oxygen atoms in total. The fraction of sp³-hybridized carbons (Fsp3) is 0.500. The lowest BCUT2D eigenvalue weighted by molar-refractivity contribution is -0.133. The molecule has 114 valence electrons. The largest absolute Gasteiger partial charge is 0.491 e. The number of benzene rings is 1. The molecule has 1 heterocycles. The van der Waals surface area contributed by atoms with Crippen molar-refractivity contribution in [2.75, 3.05) is 18.9 Å². The summed E-state index contributed by atoms with van der Waals surface area (Å²) in [7, 11) is 0. The molecule has 1 aromatic rings. The first-order valence-electron chi connectivity index (χ1n) is 7.34. The number of ether oxygens (including phenoxy) is 1. The van der Waals surface area contributed by atoms with Crippen LogP contribution in [0.25, 0.3) is 0 Å². The first-order chi connectivity index (χ1) is 10.0. The molecule has 2 rings (SSSR count). The van der Waals surface area contributed by atoms with Gasteiger partial charge in [-0.25, -0.2) is 0 Å². The van der Waals surface area contributed by atoms with Crippen LogP contribution in [0.3, 0.4) is 0 Å². The van der Waals surface area contributed by atoms with Crippen molar-refractivity contribution in [1.82, 2.24) is 4.90 Å². The van der Waals surface area contributed by atoms with Crippen LogP contribution in [0.15, 0.2) is 18.2 Å². The lowest BCUT2D eigenvalue weighted by atomic mass is 10.0. The van der Waals surface area contributed by atoms with Crippen LogP contribution in [0.4, 0.5) is 5.69 Å². The lowest BCUT2D eigenvalue weighted by Crippen LogP contribution is -2.45. The highest BCUT2D eigenvalue weighted by Gasteiger charge is 2.25. The Morgan fingerprint density at radius 3 is 2.86 bits per heavy atom. The molecule has 1 aliphatic rings. The molecule has 1 atom stereocenters. The van der Waals surface area contributed by atoms with Gasteiger partial charge in [-0.3, -0.25) is 4.79 Å². The monoisotopic (exact) mass is 289 g/mol. The molecule has 0 bridgehead atoms. The number of likely N-dealkylation sites (tertiary alicyclic amines) is 1. The van der Waals surface area contributed by atoms with Crippen molar-refractivity contribution in [1.29, 1.82) is 5.41 Å². The maximum absolute atomic E-state index is 11.7. The molecule has 0 saturated carbocycles. The van der Waals surface area contributed by atoms with Gasteiger partial charge in [0.2, 0.25) is 5.91 Å². The highest BCUT2D eigenvalue weighted by atomic mass is 16.5. The second-order valence-corrected chi connectivity index (χ2v) is 5.52. The Labute approximate surface area is 125 Å². The van der Waals surface area contributed by atoms with Crippen molar-refractivity contribution < 1.29 is 9.53 Å². The van der Waals surface area contributed by atoms with E-state index in [1.165, 1.54) is 0 Å². The van der Waals surface area contributed by atoms with Gasteiger partial charge in [0.05, 0.1) is 11.6 Å². The number of carbonyl (C=O) groups excluding carboxylic acids is 1. The predicted octanol–water partition coefficient (Wildman–Crippen LogP) is 2.44. The standard InChI is InChI=1S/C16H23N3O2/c1-11(17)16-14(18)7-5-8-15(16)21-10-13-6-3-4-9-19(13)12(2)20/h5,7-8,13,17H,3-4,6,9-10,18H2,1-2H3. The van der Waals surface area contributed by atoms with E-state index in [9.17, 15) is 4.79 Å². The number of carbonyl (C=O) groups is 1. The van der Waals surface area contributed by atoms with Gasteiger partial charge in [-0.2, -0.15) is 0 Å². The van der Waals surface area contributed by atoms with Crippen LogP contribution in [0.1, 0.15) is 38.7 Å². The average molecular weight is 289 g/mol. The van der Waals surface area contributed by atoms with Gasteiger partial charge in [0.1, 0.15) is 12.4 Å². The summed E-state index contributed by atoms with van der Waals surface area (Å²) >= 11 is 0. The second kappa shape index (κ2) is 6.61. The molecular formula is C16H23N3O2. The number of piperidine rings is 1. The van der Waals surface area contributed by atoms with Crippen molar-refractivity contribution >= 4 is 17.3 Å². The molecular weight excluding hydrogens is 266 g/mol. The Hall–Kier alpha value is -2.04. The second-order valence-electron chi connectivity index (χ2n) is 5.52. The van der Waals surface area contributed by atoms with Gasteiger partial charge in [0, 0.05) is 24.9 Å². The van der Waals surface area contributed by atoms with Gasteiger partial charge in [-0.05, 0) is 38.3 Å². The maximum atomic E-state index is 11.7. The van der Waals surface area contributed by atoms with Gasteiger partial charge in [0.25, 0.3) is 0 Å². The minimum Gasteiger partial charge on any atom is -0.491 e. The fourth-order valence-corrected chi connectivity index (χ4v) is 2.84. The first-order valence-corrected chi connectivity index (χ1v) is 7.34. The number of nitrogen functional groups attached to an aromatic ring is 1. The third kappa shape index (κ3) is 3.54. The summed E-state index contributed by atoms with van der Waals surface area (Å²) < 4.78 is 5.88. The summed E-state index contributed by atoms with van der Waals surface area (Å²) in [6.07, 6.45) is 3.13. The summed E-state index contributed by atoms with van der Waals surface area (Å²) in [5.74, 6) is 0.718. The minimum absolute atomic E-state index is 0.0966. The molecule has 0 aromatic heterocycles. The Morgan fingerprint density at radius 1 is 1.43 bits per heavy atom. The summed E-state index contributed by atoms with van der Waals surface area (Å²) in [6, 6.07) is 5.52. The van der Waals surface area contributed by atoms with E-state index >= 15 is 0 Å². The average Bonchev–Trinajstić information content (AvgIpc) is 2.44. The van der Waals surface area contributed by atoms with Crippen LogP contribution in [0, 0.1) is 5.41 Å². The van der Waals surface area contributed by atoms with E-state index in [0.29, 0.717) is 29.3 Å². The van der Waals surface area contributed by atoms with E-state index in [0.717, 1.165) is 25.8 Å². The molecule has 1 aliphatic heterocycles. The van der Waals surface area contributed by atoms with Crippen LogP contribution >= 0.6 is 0 Å². The van der Waals surface area contributed by atoms with Crippen LogP contribution < -0.4 is 10.5 Å². The quantitative estimate of drug-likeness (QED) is 0.660. The van der Waals surface area contributed by atoms with Crippen LogP contribution in [0.2, 0.25) is 0 Å². The van der Waals surface area contributed by atoms with E-state index in [1.54, 1.807) is 19.9 Å². The SMILES string of the molecule is CC(=N)c1c(N)cccc1OCC1CCCCN1C(C)=O. The van der Waals surface area contributed by atoms with Gasteiger partial charge < -0.3 is 20.8 Å². The molecule has 0 aliphatic carbocycles. The number of hydrogen-bond acceptors (Lipinski definition) is 4. The zero-order chi connectivity index (χ0) is 15.4. The zero-order valence-corrected chi connectivity index (χ0v) is 12.7. The van der Waals surface area contributed by atoms with Crippen LogP contribution in [-0.4, -0.2) is 35.7 Å². The number of anilines is 1. The summed E-state index contributed by atoms with van der Waals surface area (Å²) in [4.78, 5) is 13.5. The molecule has 0 radical (unpaired) electrons. The van der Waals surface area contributed by atoms with Gasteiger partial charge in [0.15, 0.2) is 0 Å². The first kappa shape index (κ1) is 15.4. The highest BCUT2D eigenvalue weighted by molar-refractivity contribution is 6.03. The van der Waals surface area contributed by atoms with Crippen molar-refractivity contribution in [2.45, 2.75) is 39.2 Å². The predicted molar refractivity (Wildman–Crippen MR) is 83.9 cm³/mol. The lowest BCUT2D eigenvalue weighted by Gasteiger charge is -2.35. The van der Waals surface area contributed by atoms with Gasteiger partial charge in [-0.1, -0.05) is 6.07 Å². The molecule has 1 unspecified atom stereocenters. The molecule has 5 heteroatoms. The van der Waals surface area contributed by atoms with E-state index < -0.39 is 0 Å². The Kier molecular flexibility index (Phi) is 4.83. The molecule has 3 N–H and O–H groups in total. The zero-order valence-electron chi connectivity index (χ0n) is 12.7. The van der Waals surface area contributed by atoms with Gasteiger partial charge in [-0.15, -0.1) is 0 Å². The third-order valence-electron chi connectivity index (χ3n) is 3.90. The number of nitrogens with one attached hydrogen (secondary N) is 1. The number of rotatable bonds is 4. The Morgan fingerprint density at radius 2 is 2.19 bits per heavy atom. The molecule has 0 spiro atoms. The van der Waals surface area contributed by atoms with Crippen molar-refractivity contribution in [3.8, 4) is 5.75 Å². The molecule has 21 heavy (non-hydrogen) atoms. The summed E-state index contributed by atoms with van der Waals surface area (Å²) in [5, 5.41) is 7.82. The van der Waals surface area contributed by atoms with Crippen molar-refractivity contribution in [2.24, 2.45) is 0 Å².